The number of carbonyl (C=O) groups excluding carboxylic acids is 1. The third-order valence-corrected chi connectivity index (χ3v) is 4.67. The normalized spacial score (nSPS) is 10.9. The van der Waals surface area contributed by atoms with Crippen LogP contribution in [0.1, 0.15) is 5.69 Å². The number of rotatable bonds is 4. The summed E-state index contributed by atoms with van der Waals surface area (Å²) in [5, 5.41) is 0.754. The summed E-state index contributed by atoms with van der Waals surface area (Å²) in [7, 11) is 0. The van der Waals surface area contributed by atoms with Crippen LogP contribution >= 0.6 is 11.8 Å². The Morgan fingerprint density at radius 2 is 1.76 bits per heavy atom. The molecule has 0 atom stereocenters. The summed E-state index contributed by atoms with van der Waals surface area (Å²) in [5.74, 6) is 0. The molecule has 1 aromatic carbocycles. The average molecular weight is 345 g/mol. The summed E-state index contributed by atoms with van der Waals surface area (Å²) in [6, 6.07) is 21.4. The lowest BCUT2D eigenvalue weighted by Gasteiger charge is -2.05. The van der Waals surface area contributed by atoms with Crippen molar-refractivity contribution < 1.29 is 4.79 Å². The van der Waals surface area contributed by atoms with Crippen LogP contribution in [0.25, 0.3) is 16.9 Å². The molecule has 0 unspecified atom stereocenters. The molecule has 4 nitrogen and oxygen atoms in total. The number of thioether (sulfide) groups is 1. The van der Waals surface area contributed by atoms with Crippen LogP contribution in [0.3, 0.4) is 0 Å². The number of hydrogen-bond donors (Lipinski definition) is 0. The number of carbonyl (C=O) groups is 1. The van der Waals surface area contributed by atoms with Crippen molar-refractivity contribution in [1.29, 1.82) is 0 Å². The molecule has 4 aromatic rings. The van der Waals surface area contributed by atoms with E-state index >= 15 is 0 Å². The molecular formula is C20H15N3OS. The van der Waals surface area contributed by atoms with Crippen LogP contribution in [0.4, 0.5) is 0 Å². The molecule has 0 fully saturated rings. The maximum Gasteiger partial charge on any atom is 0.201 e. The van der Waals surface area contributed by atoms with E-state index in [4.69, 9.17) is 4.98 Å². The van der Waals surface area contributed by atoms with Crippen molar-refractivity contribution in [2.45, 2.75) is 11.4 Å². The van der Waals surface area contributed by atoms with Gasteiger partial charge in [0.05, 0.1) is 17.8 Å². The van der Waals surface area contributed by atoms with Gasteiger partial charge in [0.25, 0.3) is 0 Å². The van der Waals surface area contributed by atoms with Crippen molar-refractivity contribution in [3.63, 3.8) is 0 Å². The predicted octanol–water partition coefficient (Wildman–Crippen LogP) is 4.26. The molecule has 0 N–H and O–H groups in total. The first kappa shape index (κ1) is 15.6. The van der Waals surface area contributed by atoms with E-state index in [-0.39, 0.29) is 11.5 Å². The first-order valence-electron chi connectivity index (χ1n) is 7.94. The van der Waals surface area contributed by atoms with Crippen molar-refractivity contribution >= 4 is 22.5 Å². The lowest BCUT2D eigenvalue weighted by Crippen LogP contribution is -2.03. The molecule has 5 heteroatoms. The Balaban J connectivity index is 1.71. The zero-order valence-electron chi connectivity index (χ0n) is 13.4. The van der Waals surface area contributed by atoms with E-state index in [9.17, 15) is 4.79 Å². The molecule has 3 heterocycles. The van der Waals surface area contributed by atoms with Crippen LogP contribution in [0.5, 0.6) is 0 Å². The van der Waals surface area contributed by atoms with Crippen molar-refractivity contribution in [1.82, 2.24) is 14.4 Å². The smallest absolute Gasteiger partial charge is 0.201 e. The van der Waals surface area contributed by atoms with Gasteiger partial charge in [0.1, 0.15) is 10.7 Å². The van der Waals surface area contributed by atoms with Gasteiger partial charge in [-0.1, -0.05) is 42.5 Å². The van der Waals surface area contributed by atoms with Crippen LogP contribution < -0.4 is 0 Å². The van der Waals surface area contributed by atoms with E-state index in [2.05, 4.69) is 4.98 Å². The highest BCUT2D eigenvalue weighted by molar-refractivity contribution is 8.13. The van der Waals surface area contributed by atoms with Gasteiger partial charge in [0.15, 0.2) is 0 Å². The van der Waals surface area contributed by atoms with Crippen LogP contribution in [-0.4, -0.2) is 19.5 Å². The molecule has 0 radical (unpaired) electrons. The monoisotopic (exact) mass is 345 g/mol. The van der Waals surface area contributed by atoms with Gasteiger partial charge in [-0.2, -0.15) is 0 Å². The molecule has 0 aliphatic heterocycles. The predicted molar refractivity (Wildman–Crippen MR) is 99.4 cm³/mol. The van der Waals surface area contributed by atoms with Crippen molar-refractivity contribution in [3.05, 3.63) is 84.8 Å². The highest BCUT2D eigenvalue weighted by atomic mass is 32.2. The van der Waals surface area contributed by atoms with Crippen molar-refractivity contribution in [2.75, 3.05) is 0 Å². The summed E-state index contributed by atoms with van der Waals surface area (Å²) in [4.78, 5) is 21.5. The average Bonchev–Trinajstić information content (AvgIpc) is 3.02. The number of fused-ring (bicyclic) bond motifs is 1. The summed E-state index contributed by atoms with van der Waals surface area (Å²) in [5.41, 5.74) is 3.60. The van der Waals surface area contributed by atoms with Gasteiger partial charge < -0.3 is 4.40 Å². The molecule has 0 saturated heterocycles. The Kier molecular flexibility index (Phi) is 4.31. The fourth-order valence-electron chi connectivity index (χ4n) is 2.74. The molecule has 0 aliphatic carbocycles. The summed E-state index contributed by atoms with van der Waals surface area (Å²) >= 11 is 1.16. The Labute approximate surface area is 149 Å². The van der Waals surface area contributed by atoms with E-state index in [1.165, 1.54) is 0 Å². The standard InChI is InChI=1S/C20H15N3OS/c24-19(25-18-11-4-6-12-21-18)14-16-20(15-8-2-1-3-9-15)22-17-10-5-7-13-23(16)17/h1-13H,14H2. The molecule has 0 bridgehead atoms. The van der Waals surface area contributed by atoms with E-state index < -0.39 is 0 Å². The Hall–Kier alpha value is -2.92. The van der Waals surface area contributed by atoms with Crippen molar-refractivity contribution in [2.24, 2.45) is 0 Å². The summed E-state index contributed by atoms with van der Waals surface area (Å²) < 4.78 is 1.99. The molecule has 122 valence electrons. The zero-order valence-corrected chi connectivity index (χ0v) is 14.2. The maximum atomic E-state index is 12.6. The topological polar surface area (TPSA) is 47.3 Å². The summed E-state index contributed by atoms with van der Waals surface area (Å²) in [6.45, 7) is 0. The van der Waals surface area contributed by atoms with Crippen LogP contribution in [0, 0.1) is 0 Å². The number of benzene rings is 1. The summed E-state index contributed by atoms with van der Waals surface area (Å²) in [6.07, 6.45) is 3.93. The zero-order chi connectivity index (χ0) is 17.1. The van der Waals surface area contributed by atoms with E-state index in [1.807, 2.05) is 77.3 Å². The highest BCUT2D eigenvalue weighted by Gasteiger charge is 2.17. The molecular weight excluding hydrogens is 330 g/mol. The minimum atomic E-state index is 0.0431. The molecule has 3 aromatic heterocycles. The molecule has 4 rings (SSSR count). The number of aromatic nitrogens is 3. The fraction of sp³-hybridized carbons (Fsp3) is 0.0500. The second-order valence-electron chi connectivity index (χ2n) is 5.52. The SMILES string of the molecule is O=C(Cc1c(-c2ccccc2)nc2ccccn12)Sc1ccccn1. The van der Waals surface area contributed by atoms with Gasteiger partial charge in [-0.25, -0.2) is 9.97 Å². The highest BCUT2D eigenvalue weighted by Crippen LogP contribution is 2.27. The van der Waals surface area contributed by atoms with E-state index in [1.54, 1.807) is 6.20 Å². The third kappa shape index (κ3) is 3.32. The first-order valence-corrected chi connectivity index (χ1v) is 8.76. The minimum Gasteiger partial charge on any atom is -0.303 e. The Bertz CT molecular complexity index is 1010. The van der Waals surface area contributed by atoms with Crippen LogP contribution in [-0.2, 0) is 11.2 Å². The Morgan fingerprint density at radius 3 is 2.56 bits per heavy atom. The lowest BCUT2D eigenvalue weighted by atomic mass is 10.1. The van der Waals surface area contributed by atoms with E-state index in [0.29, 0.717) is 5.03 Å². The Morgan fingerprint density at radius 1 is 0.960 bits per heavy atom. The molecule has 25 heavy (non-hydrogen) atoms. The van der Waals surface area contributed by atoms with Crippen molar-refractivity contribution in [3.8, 4) is 11.3 Å². The molecule has 0 amide bonds. The van der Waals surface area contributed by atoms with Gasteiger partial charge in [0, 0.05) is 18.0 Å². The first-order chi connectivity index (χ1) is 12.3. The largest absolute Gasteiger partial charge is 0.303 e. The number of hydrogen-bond acceptors (Lipinski definition) is 4. The fourth-order valence-corrected chi connectivity index (χ4v) is 3.44. The quantitative estimate of drug-likeness (QED) is 0.519. The third-order valence-electron chi connectivity index (χ3n) is 3.84. The maximum absolute atomic E-state index is 12.6. The van der Waals surface area contributed by atoms with Gasteiger partial charge in [0.2, 0.25) is 5.12 Å². The van der Waals surface area contributed by atoms with Crippen LogP contribution in [0.2, 0.25) is 0 Å². The van der Waals surface area contributed by atoms with Gasteiger partial charge in [-0.15, -0.1) is 0 Å². The number of nitrogens with zero attached hydrogens (tertiary/aromatic N) is 3. The van der Waals surface area contributed by atoms with Gasteiger partial charge in [-0.3, -0.25) is 4.79 Å². The van der Waals surface area contributed by atoms with E-state index in [0.717, 1.165) is 34.4 Å². The van der Waals surface area contributed by atoms with Gasteiger partial charge in [-0.05, 0) is 36.0 Å². The molecule has 0 spiro atoms. The number of pyridine rings is 2. The van der Waals surface area contributed by atoms with Crippen LogP contribution in [0.15, 0.2) is 84.1 Å². The second kappa shape index (κ2) is 6.91. The number of imidazole rings is 1. The minimum absolute atomic E-state index is 0.0431. The van der Waals surface area contributed by atoms with Gasteiger partial charge >= 0.3 is 0 Å². The molecule has 0 aliphatic rings. The lowest BCUT2D eigenvalue weighted by molar-refractivity contribution is -0.110. The molecule has 0 saturated carbocycles. The second-order valence-corrected chi connectivity index (χ2v) is 6.60.